The summed E-state index contributed by atoms with van der Waals surface area (Å²) in [5, 5.41) is 3.99. The number of halogens is 2. The molecule has 1 aromatic carbocycles. The van der Waals surface area contributed by atoms with Crippen LogP contribution in [0.2, 0.25) is 10.0 Å². The molecule has 172 valence electrons. The Labute approximate surface area is 200 Å². The van der Waals surface area contributed by atoms with E-state index in [2.05, 4.69) is 5.32 Å². The van der Waals surface area contributed by atoms with E-state index in [9.17, 15) is 14.4 Å². The third kappa shape index (κ3) is 5.74. The van der Waals surface area contributed by atoms with Gasteiger partial charge in [0.25, 0.3) is 5.91 Å². The maximum Gasteiger partial charge on any atom is 0.341 e. The first-order valence-corrected chi connectivity index (χ1v) is 11.8. The van der Waals surface area contributed by atoms with Crippen LogP contribution in [0.15, 0.2) is 18.2 Å². The number of benzene rings is 1. The van der Waals surface area contributed by atoms with Crippen molar-refractivity contribution < 1.29 is 23.9 Å². The lowest BCUT2D eigenvalue weighted by atomic mass is 10.1. The highest BCUT2D eigenvalue weighted by Crippen LogP contribution is 2.35. The first-order valence-electron chi connectivity index (χ1n) is 10.2. The Hall–Kier alpha value is -2.29. The molecule has 2 heterocycles. The minimum Gasteiger partial charge on any atom is -0.492 e. The molecule has 0 radical (unpaired) electrons. The summed E-state index contributed by atoms with van der Waals surface area (Å²) in [7, 11) is 1.27. The van der Waals surface area contributed by atoms with E-state index in [1.165, 1.54) is 7.11 Å². The molecule has 2 amide bonds. The van der Waals surface area contributed by atoms with Crippen molar-refractivity contribution >= 4 is 57.3 Å². The summed E-state index contributed by atoms with van der Waals surface area (Å²) in [6, 6.07) is 4.92. The average molecular weight is 499 g/mol. The van der Waals surface area contributed by atoms with Gasteiger partial charge in [0.15, 0.2) is 0 Å². The van der Waals surface area contributed by atoms with E-state index in [4.69, 9.17) is 32.7 Å². The van der Waals surface area contributed by atoms with E-state index in [1.54, 1.807) is 30.0 Å². The summed E-state index contributed by atoms with van der Waals surface area (Å²) in [6.07, 6.45) is 2.53. The third-order valence-corrected chi connectivity index (χ3v) is 6.80. The topological polar surface area (TPSA) is 84.9 Å². The quantitative estimate of drug-likeness (QED) is 0.400. The molecule has 1 saturated heterocycles. The Morgan fingerprint density at radius 3 is 2.56 bits per heavy atom. The Morgan fingerprint density at radius 1 is 1.19 bits per heavy atom. The van der Waals surface area contributed by atoms with Crippen LogP contribution in [0.4, 0.5) is 5.00 Å². The molecule has 1 aliphatic heterocycles. The van der Waals surface area contributed by atoms with Crippen LogP contribution in [0.25, 0.3) is 0 Å². The zero-order chi connectivity index (χ0) is 23.3. The molecular formula is C22H24Cl2N2O5S. The number of nitrogens with zero attached hydrogens (tertiary/aromatic N) is 1. The fourth-order valence-corrected chi connectivity index (χ4v) is 5.06. The Morgan fingerprint density at radius 2 is 1.91 bits per heavy atom. The van der Waals surface area contributed by atoms with Gasteiger partial charge in [-0.05, 0) is 49.9 Å². The molecule has 0 unspecified atom stereocenters. The van der Waals surface area contributed by atoms with Gasteiger partial charge in [0.2, 0.25) is 5.91 Å². The van der Waals surface area contributed by atoms with Gasteiger partial charge in [-0.3, -0.25) is 9.59 Å². The van der Waals surface area contributed by atoms with Gasteiger partial charge in [-0.25, -0.2) is 4.79 Å². The number of likely N-dealkylation sites (tertiary alicyclic amines) is 1. The molecule has 0 aliphatic carbocycles. The standard InChI is InChI=1S/C22H24Cl2N2O5S/c1-13-18(22(29)30-2)20(32-19(13)21(28)26-9-3-4-10-26)25-17(27)6-5-11-31-16-8-7-14(23)12-15(16)24/h7-8,12H,3-6,9-11H2,1-2H3,(H,25,27). The van der Waals surface area contributed by atoms with Crippen molar-refractivity contribution in [3.05, 3.63) is 44.2 Å². The maximum absolute atomic E-state index is 12.9. The molecule has 0 saturated carbocycles. The SMILES string of the molecule is COC(=O)c1c(NC(=O)CCCOc2ccc(Cl)cc2Cl)sc(C(=O)N2CCCC2)c1C. The highest BCUT2D eigenvalue weighted by molar-refractivity contribution is 7.18. The van der Waals surface area contributed by atoms with Crippen molar-refractivity contribution in [3.63, 3.8) is 0 Å². The second-order valence-corrected chi connectivity index (χ2v) is 9.19. The molecule has 10 heteroatoms. The number of rotatable bonds is 8. The summed E-state index contributed by atoms with van der Waals surface area (Å²) < 4.78 is 10.5. The second kappa shape index (κ2) is 11.0. The minimum absolute atomic E-state index is 0.121. The lowest BCUT2D eigenvalue weighted by Gasteiger charge is -2.14. The summed E-state index contributed by atoms with van der Waals surface area (Å²) in [5.74, 6) is -0.509. The Balaban J connectivity index is 1.63. The van der Waals surface area contributed by atoms with Crippen LogP contribution >= 0.6 is 34.5 Å². The molecule has 2 aromatic rings. The Bertz CT molecular complexity index is 1020. The molecule has 3 rings (SSSR count). The van der Waals surface area contributed by atoms with E-state index >= 15 is 0 Å². The van der Waals surface area contributed by atoms with E-state index in [1.807, 2.05) is 0 Å². The molecule has 0 spiro atoms. The van der Waals surface area contributed by atoms with E-state index in [0.717, 1.165) is 24.2 Å². The minimum atomic E-state index is -0.588. The van der Waals surface area contributed by atoms with Crippen LogP contribution < -0.4 is 10.1 Å². The number of hydrogen-bond donors (Lipinski definition) is 1. The van der Waals surface area contributed by atoms with Crippen LogP contribution in [-0.2, 0) is 9.53 Å². The largest absolute Gasteiger partial charge is 0.492 e. The van der Waals surface area contributed by atoms with Crippen molar-refractivity contribution in [2.24, 2.45) is 0 Å². The predicted octanol–water partition coefficient (Wildman–Crippen LogP) is 5.18. The Kier molecular flexibility index (Phi) is 8.39. The summed E-state index contributed by atoms with van der Waals surface area (Å²) in [5.41, 5.74) is 0.743. The zero-order valence-electron chi connectivity index (χ0n) is 17.8. The maximum atomic E-state index is 12.9. The normalized spacial score (nSPS) is 13.2. The molecule has 1 aliphatic rings. The number of ether oxygens (including phenoxy) is 2. The monoisotopic (exact) mass is 498 g/mol. The molecule has 1 N–H and O–H groups in total. The van der Waals surface area contributed by atoms with Crippen LogP contribution in [-0.4, -0.2) is 49.5 Å². The average Bonchev–Trinajstić information content (AvgIpc) is 3.40. The van der Waals surface area contributed by atoms with Crippen LogP contribution in [0.1, 0.15) is 51.3 Å². The molecule has 32 heavy (non-hydrogen) atoms. The third-order valence-electron chi connectivity index (χ3n) is 5.08. The van der Waals surface area contributed by atoms with Crippen LogP contribution in [0.3, 0.4) is 0 Å². The van der Waals surface area contributed by atoms with Gasteiger partial charge in [0, 0.05) is 24.5 Å². The molecule has 7 nitrogen and oxygen atoms in total. The van der Waals surface area contributed by atoms with Gasteiger partial charge in [-0.1, -0.05) is 23.2 Å². The predicted molar refractivity (Wildman–Crippen MR) is 125 cm³/mol. The number of esters is 1. The molecular weight excluding hydrogens is 475 g/mol. The van der Waals surface area contributed by atoms with Gasteiger partial charge in [0.1, 0.15) is 10.8 Å². The number of hydrogen-bond acceptors (Lipinski definition) is 6. The lowest BCUT2D eigenvalue weighted by molar-refractivity contribution is -0.116. The van der Waals surface area contributed by atoms with Crippen LogP contribution in [0, 0.1) is 6.92 Å². The van der Waals surface area contributed by atoms with Gasteiger partial charge >= 0.3 is 5.97 Å². The van der Waals surface area contributed by atoms with Crippen molar-refractivity contribution in [2.45, 2.75) is 32.6 Å². The van der Waals surface area contributed by atoms with E-state index in [0.29, 0.717) is 50.7 Å². The van der Waals surface area contributed by atoms with Gasteiger partial charge in [-0.2, -0.15) is 0 Å². The number of amides is 2. The number of nitrogens with one attached hydrogen (secondary N) is 1. The lowest BCUT2D eigenvalue weighted by Crippen LogP contribution is -2.27. The number of carbonyl (C=O) groups excluding carboxylic acids is 3. The van der Waals surface area contributed by atoms with E-state index in [-0.39, 0.29) is 30.4 Å². The first kappa shape index (κ1) is 24.4. The molecule has 0 bridgehead atoms. The van der Waals surface area contributed by atoms with Gasteiger partial charge in [0.05, 0.1) is 29.2 Å². The fourth-order valence-electron chi connectivity index (χ4n) is 3.41. The number of thiophene rings is 1. The van der Waals surface area contributed by atoms with Crippen LogP contribution in [0.5, 0.6) is 5.75 Å². The summed E-state index contributed by atoms with van der Waals surface area (Å²) in [4.78, 5) is 39.9. The smallest absolute Gasteiger partial charge is 0.341 e. The molecule has 1 aromatic heterocycles. The second-order valence-electron chi connectivity index (χ2n) is 7.33. The van der Waals surface area contributed by atoms with Crippen molar-refractivity contribution in [2.75, 3.05) is 32.1 Å². The summed E-state index contributed by atoms with van der Waals surface area (Å²) in [6.45, 7) is 3.37. The van der Waals surface area contributed by atoms with Gasteiger partial charge < -0.3 is 19.7 Å². The summed E-state index contributed by atoms with van der Waals surface area (Å²) >= 11 is 13.0. The fraction of sp³-hybridized carbons (Fsp3) is 0.409. The molecule has 0 atom stereocenters. The number of anilines is 1. The van der Waals surface area contributed by atoms with Gasteiger partial charge in [-0.15, -0.1) is 11.3 Å². The molecule has 1 fully saturated rings. The number of carbonyl (C=O) groups is 3. The van der Waals surface area contributed by atoms with Crippen molar-refractivity contribution in [3.8, 4) is 5.75 Å². The van der Waals surface area contributed by atoms with E-state index < -0.39 is 5.97 Å². The zero-order valence-corrected chi connectivity index (χ0v) is 20.2. The van der Waals surface area contributed by atoms with Crippen molar-refractivity contribution in [1.82, 2.24) is 4.90 Å². The first-order chi connectivity index (χ1) is 15.3. The highest BCUT2D eigenvalue weighted by Gasteiger charge is 2.29. The highest BCUT2D eigenvalue weighted by atomic mass is 35.5. The van der Waals surface area contributed by atoms with Crippen molar-refractivity contribution in [1.29, 1.82) is 0 Å². The number of methoxy groups -OCH3 is 1.